The van der Waals surface area contributed by atoms with Crippen LogP contribution in [-0.2, 0) is 9.53 Å². The van der Waals surface area contributed by atoms with Crippen molar-refractivity contribution in [3.8, 4) is 11.1 Å². The lowest BCUT2D eigenvalue weighted by molar-refractivity contribution is -0.140. The number of hydrogen-bond donors (Lipinski definition) is 0. The van der Waals surface area contributed by atoms with Crippen LogP contribution in [0.25, 0.3) is 17.2 Å². The van der Waals surface area contributed by atoms with Crippen LogP contribution in [0.1, 0.15) is 19.4 Å². The van der Waals surface area contributed by atoms with E-state index in [2.05, 4.69) is 22.9 Å². The summed E-state index contributed by atoms with van der Waals surface area (Å²) in [6, 6.07) is 14.2. The highest BCUT2D eigenvalue weighted by Gasteiger charge is 2.11. The molecule has 3 heteroatoms. The average molecular weight is 310 g/mol. The topological polar surface area (TPSA) is 26.3 Å². The first kappa shape index (κ1) is 16.7. The third-order valence-electron chi connectivity index (χ3n) is 3.36. The molecule has 2 rings (SSSR count). The van der Waals surface area contributed by atoms with E-state index >= 15 is 0 Å². The lowest BCUT2D eigenvalue weighted by Crippen LogP contribution is -2.05. The standard InChI is InChI=1S/C20H19FO2/c1-3-23-20(22)19(21)15(2)9-7-8-11-17-14-13-16-10-5-4-6-12-18(16)17/h4-14H,3H2,1-2H3/b9-7+,11-8+,19-15-. The first-order valence-corrected chi connectivity index (χ1v) is 7.49. The summed E-state index contributed by atoms with van der Waals surface area (Å²) in [5.41, 5.74) is 3.66. The summed E-state index contributed by atoms with van der Waals surface area (Å²) in [5.74, 6) is -1.78. The number of ether oxygens (including phenoxy) is 1. The van der Waals surface area contributed by atoms with Gasteiger partial charge in [0, 0.05) is 0 Å². The lowest BCUT2D eigenvalue weighted by Gasteiger charge is -1.99. The summed E-state index contributed by atoms with van der Waals surface area (Å²) in [4.78, 5) is 11.3. The Bertz CT molecular complexity index is 741. The number of fused-ring (bicyclic) bond motifs is 1. The minimum absolute atomic E-state index is 0.157. The summed E-state index contributed by atoms with van der Waals surface area (Å²) < 4.78 is 18.3. The summed E-state index contributed by atoms with van der Waals surface area (Å²) in [7, 11) is 0. The SMILES string of the molecule is CCOC(=O)/C(F)=C(C)/C=C/C=C/c1ccc2cccccc1-2. The molecule has 0 spiro atoms. The van der Waals surface area contributed by atoms with Crippen LogP contribution < -0.4 is 0 Å². The summed E-state index contributed by atoms with van der Waals surface area (Å²) >= 11 is 0. The maximum absolute atomic E-state index is 13.7. The molecule has 0 heterocycles. The first-order valence-electron chi connectivity index (χ1n) is 7.49. The fourth-order valence-electron chi connectivity index (χ4n) is 2.17. The molecule has 0 aliphatic heterocycles. The van der Waals surface area contributed by atoms with Gasteiger partial charge < -0.3 is 4.74 Å². The van der Waals surface area contributed by atoms with Crippen molar-refractivity contribution < 1.29 is 13.9 Å². The zero-order valence-corrected chi connectivity index (χ0v) is 13.3. The van der Waals surface area contributed by atoms with Crippen molar-refractivity contribution in [2.75, 3.05) is 6.61 Å². The molecular weight excluding hydrogens is 291 g/mol. The van der Waals surface area contributed by atoms with Crippen molar-refractivity contribution in [2.24, 2.45) is 0 Å². The number of carbonyl (C=O) groups is 1. The number of allylic oxidation sites excluding steroid dienone is 4. The zero-order valence-electron chi connectivity index (χ0n) is 13.3. The second-order valence-corrected chi connectivity index (χ2v) is 5.00. The Morgan fingerprint density at radius 3 is 2.70 bits per heavy atom. The number of hydrogen-bond acceptors (Lipinski definition) is 2. The fraction of sp³-hybridized carbons (Fsp3) is 0.150. The molecule has 0 unspecified atom stereocenters. The van der Waals surface area contributed by atoms with Gasteiger partial charge in [0.25, 0.3) is 0 Å². The van der Waals surface area contributed by atoms with Crippen molar-refractivity contribution in [1.29, 1.82) is 0 Å². The van der Waals surface area contributed by atoms with Gasteiger partial charge in [-0.05, 0) is 36.1 Å². The maximum atomic E-state index is 13.7. The minimum Gasteiger partial charge on any atom is -0.461 e. The molecule has 0 N–H and O–H groups in total. The highest BCUT2D eigenvalue weighted by Crippen LogP contribution is 2.27. The first-order chi connectivity index (χ1) is 11.1. The Labute approximate surface area is 135 Å². The van der Waals surface area contributed by atoms with Crippen LogP contribution in [0.15, 0.2) is 72.1 Å². The van der Waals surface area contributed by atoms with E-state index in [-0.39, 0.29) is 12.2 Å². The lowest BCUT2D eigenvalue weighted by atomic mass is 10.1. The molecule has 0 radical (unpaired) electrons. The molecule has 23 heavy (non-hydrogen) atoms. The molecule has 2 nitrogen and oxygen atoms in total. The van der Waals surface area contributed by atoms with E-state index in [4.69, 9.17) is 0 Å². The van der Waals surface area contributed by atoms with Crippen molar-refractivity contribution in [2.45, 2.75) is 13.8 Å². The van der Waals surface area contributed by atoms with E-state index in [1.807, 2.05) is 36.4 Å². The molecule has 0 aromatic rings. The molecule has 0 atom stereocenters. The van der Waals surface area contributed by atoms with Gasteiger partial charge in [-0.25, -0.2) is 4.79 Å². The van der Waals surface area contributed by atoms with E-state index in [1.54, 1.807) is 19.1 Å². The van der Waals surface area contributed by atoms with Crippen LogP contribution in [0.5, 0.6) is 0 Å². The summed E-state index contributed by atoms with van der Waals surface area (Å²) in [6.45, 7) is 3.34. The summed E-state index contributed by atoms with van der Waals surface area (Å²) in [5, 5.41) is 0. The van der Waals surface area contributed by atoms with Crippen LogP contribution >= 0.6 is 0 Å². The molecule has 0 fully saturated rings. The van der Waals surface area contributed by atoms with Gasteiger partial charge in [-0.3, -0.25) is 0 Å². The highest BCUT2D eigenvalue weighted by molar-refractivity contribution is 5.87. The van der Waals surface area contributed by atoms with Crippen molar-refractivity contribution in [3.05, 3.63) is 77.7 Å². The maximum Gasteiger partial charge on any atom is 0.367 e. The Kier molecular flexibility index (Phi) is 5.87. The third kappa shape index (κ3) is 4.39. The Morgan fingerprint density at radius 2 is 1.91 bits per heavy atom. The smallest absolute Gasteiger partial charge is 0.367 e. The molecule has 0 aromatic heterocycles. The predicted octanol–water partition coefficient (Wildman–Crippen LogP) is 5.17. The summed E-state index contributed by atoms with van der Waals surface area (Å²) in [6.07, 6.45) is 7.03. The number of carbonyl (C=O) groups excluding carboxylic acids is 1. The average Bonchev–Trinajstić information content (AvgIpc) is 2.77. The number of esters is 1. The van der Waals surface area contributed by atoms with Gasteiger partial charge in [-0.1, -0.05) is 66.8 Å². The molecular formula is C20H19FO2. The van der Waals surface area contributed by atoms with Gasteiger partial charge >= 0.3 is 5.97 Å². The van der Waals surface area contributed by atoms with E-state index < -0.39 is 11.8 Å². The van der Waals surface area contributed by atoms with Gasteiger partial charge in [0.2, 0.25) is 5.83 Å². The van der Waals surface area contributed by atoms with Crippen LogP contribution in [0.3, 0.4) is 0 Å². The highest BCUT2D eigenvalue weighted by atomic mass is 19.1. The van der Waals surface area contributed by atoms with E-state index in [0.717, 1.165) is 11.1 Å². The van der Waals surface area contributed by atoms with Crippen molar-refractivity contribution in [3.63, 3.8) is 0 Å². The van der Waals surface area contributed by atoms with Gasteiger partial charge in [0.15, 0.2) is 0 Å². The minimum atomic E-state index is -0.923. The Morgan fingerprint density at radius 1 is 1.13 bits per heavy atom. The zero-order chi connectivity index (χ0) is 16.7. The fourth-order valence-corrected chi connectivity index (χ4v) is 2.17. The quantitative estimate of drug-likeness (QED) is 0.433. The van der Waals surface area contributed by atoms with Gasteiger partial charge in [0.1, 0.15) is 0 Å². The monoisotopic (exact) mass is 310 g/mol. The molecule has 0 bridgehead atoms. The largest absolute Gasteiger partial charge is 0.461 e. The van der Waals surface area contributed by atoms with E-state index in [1.165, 1.54) is 12.5 Å². The Hall–Kier alpha value is -2.68. The van der Waals surface area contributed by atoms with E-state index in [9.17, 15) is 9.18 Å². The van der Waals surface area contributed by atoms with Gasteiger partial charge in [-0.2, -0.15) is 4.39 Å². The second-order valence-electron chi connectivity index (χ2n) is 5.00. The molecule has 0 aromatic carbocycles. The van der Waals surface area contributed by atoms with E-state index in [0.29, 0.717) is 0 Å². The van der Waals surface area contributed by atoms with Crippen LogP contribution in [-0.4, -0.2) is 12.6 Å². The van der Waals surface area contributed by atoms with Crippen molar-refractivity contribution in [1.82, 2.24) is 0 Å². The van der Waals surface area contributed by atoms with Crippen molar-refractivity contribution >= 4 is 12.0 Å². The molecule has 0 amide bonds. The van der Waals surface area contributed by atoms with Crippen LogP contribution in [0.4, 0.5) is 4.39 Å². The number of halogens is 1. The van der Waals surface area contributed by atoms with Gasteiger partial charge in [-0.15, -0.1) is 0 Å². The molecule has 118 valence electrons. The third-order valence-corrected chi connectivity index (χ3v) is 3.36. The Balaban J connectivity index is 2.09. The molecule has 2 aliphatic rings. The number of rotatable bonds is 5. The molecule has 0 saturated heterocycles. The normalized spacial score (nSPS) is 12.8. The molecule has 2 aliphatic carbocycles. The second kappa shape index (κ2) is 8.08. The van der Waals surface area contributed by atoms with Crippen LogP contribution in [0.2, 0.25) is 0 Å². The molecule has 0 saturated carbocycles. The van der Waals surface area contributed by atoms with Gasteiger partial charge in [0.05, 0.1) is 6.61 Å². The predicted molar refractivity (Wildman–Crippen MR) is 91.7 cm³/mol. The van der Waals surface area contributed by atoms with Crippen LogP contribution in [0, 0.1) is 0 Å².